The summed E-state index contributed by atoms with van der Waals surface area (Å²) in [6.45, 7) is 4.22. The van der Waals surface area contributed by atoms with E-state index in [4.69, 9.17) is 16.3 Å². The molecule has 0 radical (unpaired) electrons. The molecule has 2 aromatic carbocycles. The molecule has 1 saturated heterocycles. The second-order valence-electron chi connectivity index (χ2n) is 14.2. The van der Waals surface area contributed by atoms with Crippen LogP contribution in [0.25, 0.3) is 0 Å². The Kier molecular flexibility index (Phi) is 12.0. The largest absolute Gasteiger partial charge is 0.440 e. The third-order valence-electron chi connectivity index (χ3n) is 9.98. The number of hydrogen-bond acceptors (Lipinski definition) is 6. The van der Waals surface area contributed by atoms with Crippen LogP contribution in [0, 0.1) is 17.7 Å². The maximum absolute atomic E-state index is 14.0. The summed E-state index contributed by atoms with van der Waals surface area (Å²) in [5, 5.41) is 11.4. The molecule has 0 aromatic heterocycles. The third-order valence-corrected chi connectivity index (χ3v) is 10.2. The van der Waals surface area contributed by atoms with Gasteiger partial charge in [-0.25, -0.2) is 9.18 Å². The van der Waals surface area contributed by atoms with Crippen molar-refractivity contribution in [3.8, 4) is 0 Å². The van der Waals surface area contributed by atoms with Crippen molar-refractivity contribution in [3.63, 3.8) is 0 Å². The lowest BCUT2D eigenvalue weighted by Crippen LogP contribution is -2.55. The van der Waals surface area contributed by atoms with Crippen LogP contribution < -0.4 is 21.3 Å². The van der Waals surface area contributed by atoms with Crippen molar-refractivity contribution < 1.29 is 33.1 Å². The molecule has 4 atom stereocenters. The molecule has 1 aliphatic heterocycles. The topological polar surface area (TPSA) is 143 Å². The maximum Gasteiger partial charge on any atom is 0.408 e. The summed E-state index contributed by atoms with van der Waals surface area (Å²) in [6, 6.07) is 10.5. The van der Waals surface area contributed by atoms with Crippen molar-refractivity contribution in [2.75, 3.05) is 6.54 Å². The van der Waals surface area contributed by atoms with Gasteiger partial charge in [0, 0.05) is 28.9 Å². The number of ether oxygens (including phenoxy) is 1. The first kappa shape index (κ1) is 36.3. The number of ketones is 1. The highest BCUT2D eigenvalue weighted by atomic mass is 35.5. The lowest BCUT2D eigenvalue weighted by Gasteiger charge is -2.35. The third kappa shape index (κ3) is 9.80. The van der Waals surface area contributed by atoms with Gasteiger partial charge in [0.15, 0.2) is 0 Å². The Hall–Kier alpha value is -3.99. The molecule has 1 heterocycles. The normalized spacial score (nSPS) is 20.0. The summed E-state index contributed by atoms with van der Waals surface area (Å²) in [6.07, 6.45) is 5.40. The van der Waals surface area contributed by atoms with Crippen molar-refractivity contribution in [1.29, 1.82) is 0 Å². The fourth-order valence-electron chi connectivity index (χ4n) is 6.88. The average Bonchev–Trinajstić information content (AvgIpc) is 3.81. The van der Waals surface area contributed by atoms with Crippen molar-refractivity contribution >= 4 is 41.2 Å². The molecule has 49 heavy (non-hydrogen) atoms. The lowest BCUT2D eigenvalue weighted by molar-refractivity contribution is -0.141. The van der Waals surface area contributed by atoms with Gasteiger partial charge in [-0.15, -0.1) is 0 Å². The SMILES string of the molecule is CC(C)(c1cccc(Cl)c1)C(OC(=O)NC(CC1CCCCC1)C(=O)NC(CC1CCNC1=O)C(=O)C(=O)NC1CC1)c1ccc(F)cc1. The van der Waals surface area contributed by atoms with E-state index in [0.717, 1.165) is 50.5 Å². The standard InChI is InChI=1S/C37H46ClFN4O6/c1-37(2,25-9-6-10-26(38)21-25)32(23-11-13-27(39)14-12-23)49-36(48)43-30(19-22-7-4-3-5-8-22)34(46)42-29(20-24-17-18-40-33(24)45)31(44)35(47)41-28-15-16-28/h6,9-14,21-22,24,28-30,32H,3-5,7-8,15-20H2,1-2H3,(H,40,45)(H,41,47)(H,42,46)(H,43,48). The zero-order valence-electron chi connectivity index (χ0n) is 28.1. The van der Waals surface area contributed by atoms with Crippen LogP contribution in [-0.2, 0) is 29.3 Å². The molecule has 0 spiro atoms. The van der Waals surface area contributed by atoms with Crippen LogP contribution in [0.5, 0.6) is 0 Å². The predicted molar refractivity (Wildman–Crippen MR) is 182 cm³/mol. The van der Waals surface area contributed by atoms with Gasteiger partial charge >= 0.3 is 6.09 Å². The predicted octanol–water partition coefficient (Wildman–Crippen LogP) is 5.42. The van der Waals surface area contributed by atoms with Gasteiger partial charge in [0.2, 0.25) is 17.6 Å². The zero-order chi connectivity index (χ0) is 35.1. The van der Waals surface area contributed by atoms with E-state index in [2.05, 4.69) is 21.3 Å². The van der Waals surface area contributed by atoms with E-state index >= 15 is 0 Å². The molecule has 12 heteroatoms. The van der Waals surface area contributed by atoms with Crippen LogP contribution in [0.3, 0.4) is 0 Å². The fourth-order valence-corrected chi connectivity index (χ4v) is 7.07. The van der Waals surface area contributed by atoms with Crippen molar-refractivity contribution in [2.24, 2.45) is 11.8 Å². The molecule has 5 rings (SSSR count). The van der Waals surface area contributed by atoms with Gasteiger partial charge in [0.05, 0.1) is 6.04 Å². The Bertz CT molecular complexity index is 1520. The summed E-state index contributed by atoms with van der Waals surface area (Å²) >= 11 is 6.31. The Balaban J connectivity index is 1.37. The first-order valence-electron chi connectivity index (χ1n) is 17.3. The highest BCUT2D eigenvalue weighted by molar-refractivity contribution is 6.38. The van der Waals surface area contributed by atoms with E-state index in [1.54, 1.807) is 30.3 Å². The number of nitrogens with one attached hydrogen (secondary N) is 4. The average molecular weight is 697 g/mol. The summed E-state index contributed by atoms with van der Waals surface area (Å²) in [5.74, 6) is -3.32. The van der Waals surface area contributed by atoms with E-state index in [0.29, 0.717) is 30.0 Å². The minimum Gasteiger partial charge on any atom is -0.440 e. The summed E-state index contributed by atoms with van der Waals surface area (Å²) in [5.41, 5.74) is 0.479. The van der Waals surface area contributed by atoms with Crippen LogP contribution in [0.15, 0.2) is 48.5 Å². The molecule has 264 valence electrons. The molecule has 2 saturated carbocycles. The number of Topliss-reactive ketones (excluding diaryl/α,β-unsaturated/α-hetero) is 1. The minimum atomic E-state index is -1.25. The van der Waals surface area contributed by atoms with Crippen molar-refractivity contribution in [2.45, 2.75) is 108 Å². The van der Waals surface area contributed by atoms with E-state index in [1.165, 1.54) is 12.1 Å². The second-order valence-corrected chi connectivity index (χ2v) is 14.6. The van der Waals surface area contributed by atoms with Gasteiger partial charge in [0.1, 0.15) is 18.0 Å². The van der Waals surface area contributed by atoms with Gasteiger partial charge < -0.3 is 26.0 Å². The number of alkyl carbamates (subject to hydrolysis) is 1. The van der Waals surface area contributed by atoms with E-state index in [9.17, 15) is 28.4 Å². The smallest absolute Gasteiger partial charge is 0.408 e. The van der Waals surface area contributed by atoms with Gasteiger partial charge in [-0.1, -0.05) is 81.8 Å². The van der Waals surface area contributed by atoms with E-state index in [1.807, 2.05) is 19.9 Å². The van der Waals surface area contributed by atoms with Crippen molar-refractivity contribution in [1.82, 2.24) is 21.3 Å². The summed E-state index contributed by atoms with van der Waals surface area (Å²) < 4.78 is 20.0. The maximum atomic E-state index is 14.0. The van der Waals surface area contributed by atoms with Crippen LogP contribution in [-0.4, -0.2) is 54.3 Å². The Morgan fingerprint density at radius 3 is 2.29 bits per heavy atom. The van der Waals surface area contributed by atoms with Gasteiger partial charge in [-0.05, 0) is 73.4 Å². The molecule has 3 fully saturated rings. The number of carbonyl (C=O) groups is 5. The molecular weight excluding hydrogens is 651 g/mol. The molecule has 4 amide bonds. The number of amides is 4. The highest BCUT2D eigenvalue weighted by Gasteiger charge is 2.39. The number of hydrogen-bond donors (Lipinski definition) is 4. The van der Waals surface area contributed by atoms with Gasteiger partial charge in [0.25, 0.3) is 5.91 Å². The van der Waals surface area contributed by atoms with E-state index < -0.39 is 59.0 Å². The van der Waals surface area contributed by atoms with E-state index in [-0.39, 0.29) is 24.3 Å². The van der Waals surface area contributed by atoms with Crippen LogP contribution in [0.4, 0.5) is 9.18 Å². The first-order valence-corrected chi connectivity index (χ1v) is 17.7. The summed E-state index contributed by atoms with van der Waals surface area (Å²) in [7, 11) is 0. The van der Waals surface area contributed by atoms with Gasteiger partial charge in [-0.3, -0.25) is 19.2 Å². The molecule has 4 N–H and O–H groups in total. The van der Waals surface area contributed by atoms with Crippen LogP contribution in [0.2, 0.25) is 5.02 Å². The Morgan fingerprint density at radius 2 is 1.65 bits per heavy atom. The quantitative estimate of drug-likeness (QED) is 0.194. The molecule has 2 aliphatic carbocycles. The number of benzene rings is 2. The highest BCUT2D eigenvalue weighted by Crippen LogP contribution is 2.40. The second kappa shape index (κ2) is 16.1. The molecule has 0 bridgehead atoms. The number of halogens is 2. The molecular formula is C37H46ClFN4O6. The monoisotopic (exact) mass is 696 g/mol. The van der Waals surface area contributed by atoms with Crippen LogP contribution >= 0.6 is 11.6 Å². The molecule has 2 aromatic rings. The number of carbonyl (C=O) groups excluding carboxylic acids is 5. The zero-order valence-corrected chi connectivity index (χ0v) is 28.8. The lowest BCUT2D eigenvalue weighted by atomic mass is 9.76. The molecule has 4 unspecified atom stereocenters. The first-order chi connectivity index (χ1) is 23.4. The molecule has 10 nitrogen and oxygen atoms in total. The summed E-state index contributed by atoms with van der Waals surface area (Å²) in [4.78, 5) is 66.4. The number of rotatable bonds is 14. The molecule has 3 aliphatic rings. The Morgan fingerprint density at radius 1 is 0.939 bits per heavy atom. The minimum absolute atomic E-state index is 0.0322. The Labute approximate surface area is 291 Å². The van der Waals surface area contributed by atoms with Crippen LogP contribution in [0.1, 0.15) is 95.3 Å². The fraction of sp³-hybridized carbons (Fsp3) is 0.541. The van der Waals surface area contributed by atoms with Crippen molar-refractivity contribution in [3.05, 3.63) is 70.5 Å². The van der Waals surface area contributed by atoms with Gasteiger partial charge in [-0.2, -0.15) is 0 Å².